The number of nitrogens with zero attached hydrogens (tertiary/aromatic N) is 1. The molecule has 2 fully saturated rings. The molecule has 8 nitrogen and oxygen atoms in total. The van der Waals surface area contributed by atoms with Crippen molar-refractivity contribution in [3.8, 4) is 0 Å². The first-order valence-corrected chi connectivity index (χ1v) is 9.11. The van der Waals surface area contributed by atoms with Gasteiger partial charge in [-0.25, -0.2) is 4.79 Å². The summed E-state index contributed by atoms with van der Waals surface area (Å²) in [5.41, 5.74) is -0.611. The van der Waals surface area contributed by atoms with Gasteiger partial charge in [0.25, 0.3) is 11.8 Å². The highest BCUT2D eigenvalue weighted by Gasteiger charge is 2.52. The van der Waals surface area contributed by atoms with E-state index in [4.69, 9.17) is 27.9 Å². The summed E-state index contributed by atoms with van der Waals surface area (Å²) in [6.07, 6.45) is 2.81. The number of esters is 1. The number of carbonyl (C=O) groups excluding carboxylic acids is 4. The molecule has 1 saturated carbocycles. The molecule has 2 aliphatic rings. The van der Waals surface area contributed by atoms with Gasteiger partial charge in [-0.15, -0.1) is 0 Å². The quantitative estimate of drug-likeness (QED) is 0.569. The van der Waals surface area contributed by atoms with E-state index in [1.165, 1.54) is 12.1 Å². The molecule has 0 radical (unpaired) electrons. The summed E-state index contributed by atoms with van der Waals surface area (Å²) < 4.78 is 4.85. The van der Waals surface area contributed by atoms with Gasteiger partial charge >= 0.3 is 12.0 Å². The smallest absolute Gasteiger partial charge is 0.326 e. The molecule has 0 atom stereocenters. The number of hydrogen-bond donors (Lipinski definition) is 2. The van der Waals surface area contributed by atoms with Crippen LogP contribution in [-0.4, -0.2) is 47.4 Å². The minimum Gasteiger partial charge on any atom is -0.454 e. The van der Waals surface area contributed by atoms with Crippen LogP contribution in [0.3, 0.4) is 0 Å². The molecule has 0 unspecified atom stereocenters. The summed E-state index contributed by atoms with van der Waals surface area (Å²) in [6, 6.07) is 3.92. The van der Waals surface area contributed by atoms with Crippen LogP contribution in [-0.2, 0) is 19.1 Å². The Morgan fingerprint density at radius 2 is 1.93 bits per heavy atom. The molecule has 0 aromatic heterocycles. The third-order valence-corrected chi connectivity index (χ3v) is 5.12. The molecule has 2 N–H and O–H groups in total. The molecule has 1 saturated heterocycles. The van der Waals surface area contributed by atoms with Gasteiger partial charge in [-0.3, -0.25) is 19.3 Å². The van der Waals surface area contributed by atoms with Crippen LogP contribution in [0.5, 0.6) is 0 Å². The van der Waals surface area contributed by atoms with Crippen LogP contribution in [0.25, 0.3) is 0 Å². The number of imide groups is 1. The number of benzene rings is 1. The second-order valence-corrected chi connectivity index (χ2v) is 7.29. The van der Waals surface area contributed by atoms with Crippen molar-refractivity contribution in [2.75, 3.05) is 18.5 Å². The minimum absolute atomic E-state index is 0.278. The average molecular weight is 414 g/mol. The lowest BCUT2D eigenvalue weighted by atomic mass is 9.98. The number of urea groups is 1. The molecule has 27 heavy (non-hydrogen) atoms. The van der Waals surface area contributed by atoms with Gasteiger partial charge in [-0.05, 0) is 31.0 Å². The maximum absolute atomic E-state index is 12.5. The lowest BCUT2D eigenvalue weighted by Gasteiger charge is -2.19. The van der Waals surface area contributed by atoms with Gasteiger partial charge in [0.1, 0.15) is 12.1 Å². The third-order valence-electron chi connectivity index (χ3n) is 4.56. The molecular weight excluding hydrogens is 397 g/mol. The zero-order valence-corrected chi connectivity index (χ0v) is 15.7. The van der Waals surface area contributed by atoms with E-state index in [9.17, 15) is 19.2 Å². The number of nitrogens with one attached hydrogen (secondary N) is 2. The van der Waals surface area contributed by atoms with Crippen molar-refractivity contribution in [2.45, 2.75) is 31.2 Å². The highest BCUT2D eigenvalue weighted by Crippen LogP contribution is 2.34. The molecule has 1 aromatic rings. The van der Waals surface area contributed by atoms with E-state index in [0.29, 0.717) is 17.9 Å². The first-order chi connectivity index (χ1) is 12.8. The van der Waals surface area contributed by atoms with Crippen molar-refractivity contribution in [2.24, 2.45) is 0 Å². The van der Waals surface area contributed by atoms with Gasteiger partial charge in [-0.2, -0.15) is 0 Å². The molecule has 1 aliphatic heterocycles. The predicted molar refractivity (Wildman–Crippen MR) is 97.5 cm³/mol. The van der Waals surface area contributed by atoms with Crippen LogP contribution >= 0.6 is 23.2 Å². The molecule has 10 heteroatoms. The van der Waals surface area contributed by atoms with Gasteiger partial charge in [0.05, 0.1) is 10.7 Å². The average Bonchev–Trinajstić information content (AvgIpc) is 3.17. The van der Waals surface area contributed by atoms with Gasteiger partial charge in [0.15, 0.2) is 6.61 Å². The number of amides is 4. The van der Waals surface area contributed by atoms with Crippen molar-refractivity contribution in [1.29, 1.82) is 0 Å². The number of rotatable bonds is 5. The van der Waals surface area contributed by atoms with E-state index in [1.807, 2.05) is 0 Å². The lowest BCUT2D eigenvalue weighted by Crippen LogP contribution is -2.44. The fraction of sp³-hybridized carbons (Fsp3) is 0.412. The van der Waals surface area contributed by atoms with Crippen LogP contribution in [0.2, 0.25) is 10.0 Å². The predicted octanol–water partition coefficient (Wildman–Crippen LogP) is 2.34. The first-order valence-electron chi connectivity index (χ1n) is 8.35. The van der Waals surface area contributed by atoms with Crippen LogP contribution in [0.4, 0.5) is 10.5 Å². The molecule has 0 bridgehead atoms. The molecular formula is C17H17Cl2N3O5. The molecule has 1 aliphatic carbocycles. The summed E-state index contributed by atoms with van der Waals surface area (Å²) in [4.78, 5) is 49.1. The number of halogens is 2. The SMILES string of the molecule is O=C(COC(=O)CN1C(=O)NC2(CCCC2)C1=O)Nc1cc(Cl)ccc1Cl. The summed E-state index contributed by atoms with van der Waals surface area (Å²) >= 11 is 11.8. The van der Waals surface area contributed by atoms with Crippen molar-refractivity contribution in [3.63, 3.8) is 0 Å². The highest BCUT2D eigenvalue weighted by atomic mass is 35.5. The number of carbonyl (C=O) groups is 4. The fourth-order valence-electron chi connectivity index (χ4n) is 3.24. The Hall–Kier alpha value is -2.32. The van der Waals surface area contributed by atoms with E-state index in [0.717, 1.165) is 17.7 Å². The van der Waals surface area contributed by atoms with Gasteiger partial charge in [0.2, 0.25) is 0 Å². The van der Waals surface area contributed by atoms with Gasteiger partial charge in [0, 0.05) is 5.02 Å². The fourth-order valence-corrected chi connectivity index (χ4v) is 3.57. The molecule has 1 aromatic carbocycles. The maximum atomic E-state index is 12.5. The molecule has 1 spiro atoms. The first kappa shape index (κ1) is 19.4. The number of hydrogen-bond acceptors (Lipinski definition) is 5. The third kappa shape index (κ3) is 4.17. The summed E-state index contributed by atoms with van der Waals surface area (Å²) in [7, 11) is 0. The van der Waals surface area contributed by atoms with Crippen molar-refractivity contribution in [3.05, 3.63) is 28.2 Å². The largest absolute Gasteiger partial charge is 0.454 e. The van der Waals surface area contributed by atoms with Crippen molar-refractivity contribution >= 4 is 52.7 Å². The standard InChI is InChI=1S/C17H17Cl2N3O5/c18-10-3-4-11(19)12(7-10)20-13(23)9-27-14(24)8-22-15(25)17(21-16(22)26)5-1-2-6-17/h3-4,7H,1-2,5-6,8-9H2,(H,20,23)(H,21,26). The Bertz CT molecular complexity index is 808. The Kier molecular flexibility index (Phi) is 5.57. The van der Waals surface area contributed by atoms with E-state index in [2.05, 4.69) is 10.6 Å². The second-order valence-electron chi connectivity index (χ2n) is 6.44. The van der Waals surface area contributed by atoms with Gasteiger partial charge < -0.3 is 15.4 Å². The second kappa shape index (κ2) is 7.74. The summed E-state index contributed by atoms with van der Waals surface area (Å²) in [6.45, 7) is -1.13. The Morgan fingerprint density at radius 1 is 1.22 bits per heavy atom. The Labute approximate surface area is 165 Å². The number of anilines is 1. The monoisotopic (exact) mass is 413 g/mol. The van der Waals surface area contributed by atoms with E-state index < -0.39 is 42.5 Å². The minimum atomic E-state index is -0.891. The zero-order chi connectivity index (χ0) is 19.6. The topological polar surface area (TPSA) is 105 Å². The summed E-state index contributed by atoms with van der Waals surface area (Å²) in [5.74, 6) is -1.91. The Morgan fingerprint density at radius 3 is 2.63 bits per heavy atom. The molecule has 1 heterocycles. The van der Waals surface area contributed by atoms with Gasteiger partial charge in [-0.1, -0.05) is 36.0 Å². The lowest BCUT2D eigenvalue weighted by molar-refractivity contribution is -0.150. The Balaban J connectivity index is 1.51. The van der Waals surface area contributed by atoms with Crippen LogP contribution in [0, 0.1) is 0 Å². The van der Waals surface area contributed by atoms with Crippen molar-refractivity contribution in [1.82, 2.24) is 10.2 Å². The zero-order valence-electron chi connectivity index (χ0n) is 14.2. The highest BCUT2D eigenvalue weighted by molar-refractivity contribution is 6.35. The van der Waals surface area contributed by atoms with Crippen LogP contribution in [0.15, 0.2) is 18.2 Å². The molecule has 144 valence electrons. The maximum Gasteiger partial charge on any atom is 0.326 e. The molecule has 3 rings (SSSR count). The van der Waals surface area contributed by atoms with E-state index in [-0.39, 0.29) is 10.7 Å². The molecule has 4 amide bonds. The van der Waals surface area contributed by atoms with E-state index in [1.54, 1.807) is 6.07 Å². The van der Waals surface area contributed by atoms with Crippen LogP contribution < -0.4 is 10.6 Å². The van der Waals surface area contributed by atoms with Crippen LogP contribution in [0.1, 0.15) is 25.7 Å². The normalized spacial score (nSPS) is 17.9. The summed E-state index contributed by atoms with van der Waals surface area (Å²) in [5, 5.41) is 5.79. The van der Waals surface area contributed by atoms with Crippen molar-refractivity contribution < 1.29 is 23.9 Å². The van der Waals surface area contributed by atoms with E-state index >= 15 is 0 Å². The number of ether oxygens (including phenoxy) is 1.